The molecule has 0 bridgehead atoms. The summed E-state index contributed by atoms with van der Waals surface area (Å²) >= 11 is 0. The van der Waals surface area contributed by atoms with Crippen molar-refractivity contribution in [1.29, 1.82) is 0 Å². The zero-order chi connectivity index (χ0) is 12.4. The van der Waals surface area contributed by atoms with Gasteiger partial charge in [-0.15, -0.1) is 0 Å². The van der Waals surface area contributed by atoms with Gasteiger partial charge in [-0.2, -0.15) is 5.10 Å². The van der Waals surface area contributed by atoms with Gasteiger partial charge >= 0.3 is 5.97 Å². The number of hydrogen-bond donors (Lipinski definition) is 1. The summed E-state index contributed by atoms with van der Waals surface area (Å²) in [5.41, 5.74) is 4.10. The van der Waals surface area contributed by atoms with Gasteiger partial charge in [0.2, 0.25) is 0 Å². The Morgan fingerprint density at radius 1 is 1.41 bits per heavy atom. The van der Waals surface area contributed by atoms with Crippen LogP contribution in [0.4, 0.5) is 0 Å². The minimum absolute atomic E-state index is 0.0996. The highest BCUT2D eigenvalue weighted by molar-refractivity contribution is 5.69. The molecule has 0 saturated carbocycles. The van der Waals surface area contributed by atoms with Crippen LogP contribution in [-0.2, 0) is 11.3 Å². The summed E-state index contributed by atoms with van der Waals surface area (Å²) in [5.74, 6) is -0.882. The maximum absolute atomic E-state index is 10.7. The monoisotopic (exact) mass is 230 g/mol. The lowest BCUT2D eigenvalue weighted by Crippen LogP contribution is -2.11. The van der Waals surface area contributed by atoms with Crippen molar-refractivity contribution in [2.75, 3.05) is 0 Å². The van der Waals surface area contributed by atoms with Crippen LogP contribution in [0.3, 0.4) is 0 Å². The maximum Gasteiger partial charge on any atom is 0.325 e. The van der Waals surface area contributed by atoms with Crippen molar-refractivity contribution >= 4 is 5.97 Å². The Balaban J connectivity index is 2.40. The Bertz CT molecular complexity index is 558. The lowest BCUT2D eigenvalue weighted by Gasteiger charge is -2.03. The molecule has 2 rings (SSSR count). The molecule has 0 aliphatic carbocycles. The van der Waals surface area contributed by atoms with E-state index >= 15 is 0 Å². The molecule has 0 aliphatic rings. The van der Waals surface area contributed by atoms with Crippen LogP contribution < -0.4 is 0 Å². The Labute approximate surface area is 99.5 Å². The van der Waals surface area contributed by atoms with Crippen LogP contribution in [0, 0.1) is 13.8 Å². The molecule has 0 spiro atoms. The third-order valence-electron chi connectivity index (χ3n) is 2.72. The number of benzene rings is 1. The van der Waals surface area contributed by atoms with Gasteiger partial charge in [0.1, 0.15) is 6.54 Å². The summed E-state index contributed by atoms with van der Waals surface area (Å²) in [5, 5.41) is 12.9. The highest BCUT2D eigenvalue weighted by Gasteiger charge is 2.10. The zero-order valence-electron chi connectivity index (χ0n) is 9.84. The molecule has 0 amide bonds. The molecular formula is C13H14N2O2. The van der Waals surface area contributed by atoms with Crippen molar-refractivity contribution in [1.82, 2.24) is 9.78 Å². The maximum atomic E-state index is 10.7. The topological polar surface area (TPSA) is 55.1 Å². The molecule has 0 aliphatic heterocycles. The quantitative estimate of drug-likeness (QED) is 0.879. The Kier molecular flexibility index (Phi) is 2.95. The van der Waals surface area contributed by atoms with Gasteiger partial charge in [-0.1, -0.05) is 29.8 Å². The van der Waals surface area contributed by atoms with Crippen LogP contribution in [0.2, 0.25) is 0 Å². The summed E-state index contributed by atoms with van der Waals surface area (Å²) in [6.07, 6.45) is 1.72. The van der Waals surface area contributed by atoms with Gasteiger partial charge in [0.25, 0.3) is 0 Å². The van der Waals surface area contributed by atoms with Crippen molar-refractivity contribution in [2.45, 2.75) is 20.4 Å². The van der Waals surface area contributed by atoms with Crippen molar-refractivity contribution < 1.29 is 9.90 Å². The fourth-order valence-corrected chi connectivity index (χ4v) is 1.83. The smallest absolute Gasteiger partial charge is 0.325 e. The molecule has 1 aromatic heterocycles. The van der Waals surface area contributed by atoms with E-state index in [9.17, 15) is 4.79 Å². The number of hydrogen-bond acceptors (Lipinski definition) is 2. The Hall–Kier alpha value is -2.10. The van der Waals surface area contributed by atoms with Crippen molar-refractivity contribution in [3.05, 3.63) is 41.7 Å². The molecule has 0 saturated heterocycles. The summed E-state index contributed by atoms with van der Waals surface area (Å²) in [6, 6.07) is 8.08. The zero-order valence-corrected chi connectivity index (χ0v) is 9.84. The molecular weight excluding hydrogens is 216 g/mol. The number of carbonyl (C=O) groups is 1. The fraction of sp³-hybridized carbons (Fsp3) is 0.231. The number of aryl methyl sites for hydroxylation is 1. The van der Waals surface area contributed by atoms with Gasteiger partial charge in [0, 0.05) is 11.3 Å². The second kappa shape index (κ2) is 4.41. The van der Waals surface area contributed by atoms with E-state index in [1.807, 2.05) is 32.0 Å². The molecule has 0 fully saturated rings. The molecule has 0 radical (unpaired) electrons. The van der Waals surface area contributed by atoms with Crippen LogP contribution in [0.15, 0.2) is 30.5 Å². The van der Waals surface area contributed by atoms with Crippen molar-refractivity contribution in [3.63, 3.8) is 0 Å². The van der Waals surface area contributed by atoms with Crippen molar-refractivity contribution in [3.8, 4) is 11.1 Å². The van der Waals surface area contributed by atoms with Gasteiger partial charge in [-0.3, -0.25) is 9.48 Å². The van der Waals surface area contributed by atoms with Gasteiger partial charge in [0.05, 0.1) is 6.20 Å². The average Bonchev–Trinajstić information content (AvgIpc) is 2.60. The van der Waals surface area contributed by atoms with Gasteiger partial charge in [-0.05, 0) is 19.4 Å². The normalized spacial score (nSPS) is 10.5. The predicted octanol–water partition coefficient (Wildman–Crippen LogP) is 2.25. The van der Waals surface area contributed by atoms with Crippen LogP contribution in [0.1, 0.15) is 11.3 Å². The summed E-state index contributed by atoms with van der Waals surface area (Å²) in [4.78, 5) is 10.7. The number of aliphatic carboxylic acids is 1. The average molecular weight is 230 g/mol. The molecule has 4 nitrogen and oxygen atoms in total. The van der Waals surface area contributed by atoms with Crippen LogP contribution in [0.5, 0.6) is 0 Å². The van der Waals surface area contributed by atoms with E-state index in [2.05, 4.69) is 11.2 Å². The SMILES string of the molecule is Cc1cccc(-c2cnn(CC(=O)O)c2C)c1. The third-order valence-corrected chi connectivity index (χ3v) is 2.72. The fourth-order valence-electron chi connectivity index (χ4n) is 1.83. The van der Waals surface area contributed by atoms with Gasteiger partial charge in [-0.25, -0.2) is 0 Å². The first-order chi connectivity index (χ1) is 8.08. The van der Waals surface area contributed by atoms with Crippen LogP contribution in [0.25, 0.3) is 11.1 Å². The predicted molar refractivity (Wildman–Crippen MR) is 64.8 cm³/mol. The number of nitrogens with zero attached hydrogens (tertiary/aromatic N) is 2. The standard InChI is InChI=1S/C13H14N2O2/c1-9-4-3-5-11(6-9)12-7-14-15(10(12)2)8-13(16)17/h3-7H,8H2,1-2H3,(H,16,17). The lowest BCUT2D eigenvalue weighted by molar-refractivity contribution is -0.137. The molecule has 17 heavy (non-hydrogen) atoms. The van der Waals surface area contributed by atoms with Crippen LogP contribution >= 0.6 is 0 Å². The number of carboxylic acid groups (broad SMARTS) is 1. The second-order valence-electron chi connectivity index (χ2n) is 4.06. The highest BCUT2D eigenvalue weighted by atomic mass is 16.4. The van der Waals surface area contributed by atoms with E-state index in [0.717, 1.165) is 16.8 Å². The molecule has 2 aromatic rings. The molecule has 88 valence electrons. The summed E-state index contributed by atoms with van der Waals surface area (Å²) < 4.78 is 1.50. The molecule has 1 heterocycles. The van der Waals surface area contributed by atoms with E-state index in [-0.39, 0.29) is 6.54 Å². The number of aromatic nitrogens is 2. The van der Waals surface area contributed by atoms with E-state index in [0.29, 0.717) is 0 Å². The number of carboxylic acids is 1. The minimum atomic E-state index is -0.882. The first kappa shape index (κ1) is 11.4. The molecule has 0 unspecified atom stereocenters. The lowest BCUT2D eigenvalue weighted by atomic mass is 10.0. The van der Waals surface area contributed by atoms with E-state index in [1.54, 1.807) is 6.20 Å². The third kappa shape index (κ3) is 2.36. The second-order valence-corrected chi connectivity index (χ2v) is 4.06. The first-order valence-corrected chi connectivity index (χ1v) is 5.39. The molecule has 1 N–H and O–H groups in total. The van der Waals surface area contributed by atoms with Crippen molar-refractivity contribution in [2.24, 2.45) is 0 Å². The molecule has 0 atom stereocenters. The largest absolute Gasteiger partial charge is 0.480 e. The van der Waals surface area contributed by atoms with E-state index < -0.39 is 5.97 Å². The minimum Gasteiger partial charge on any atom is -0.480 e. The Morgan fingerprint density at radius 2 is 2.18 bits per heavy atom. The van der Waals surface area contributed by atoms with Gasteiger partial charge < -0.3 is 5.11 Å². The van der Waals surface area contributed by atoms with E-state index in [1.165, 1.54) is 10.2 Å². The van der Waals surface area contributed by atoms with E-state index in [4.69, 9.17) is 5.11 Å². The molecule has 4 heteroatoms. The van der Waals surface area contributed by atoms with Gasteiger partial charge in [0.15, 0.2) is 0 Å². The summed E-state index contributed by atoms with van der Waals surface area (Å²) in [6.45, 7) is 3.81. The first-order valence-electron chi connectivity index (χ1n) is 5.39. The van der Waals surface area contributed by atoms with Crippen LogP contribution in [-0.4, -0.2) is 20.9 Å². The highest BCUT2D eigenvalue weighted by Crippen LogP contribution is 2.23. The summed E-state index contributed by atoms with van der Waals surface area (Å²) in [7, 11) is 0. The number of rotatable bonds is 3. The Morgan fingerprint density at radius 3 is 2.82 bits per heavy atom. The molecule has 1 aromatic carbocycles.